The molecule has 0 saturated carbocycles. The minimum atomic E-state index is -3.57. The molecule has 170 valence electrons. The second-order valence-electron chi connectivity index (χ2n) is 6.94. The fourth-order valence-corrected chi connectivity index (χ4v) is 4.02. The van der Waals surface area contributed by atoms with Crippen molar-refractivity contribution in [1.29, 1.82) is 0 Å². The standard InChI is InChI=1S/C22H32N4O4S/c1-17-8-9-18(15-21(17)30-4)10-11-24-22(23-2)25-16-19-6-5-7-20(14-19)31(27,28)26-12-13-29-3/h5-9,14-15,26H,10-13,16H2,1-4H3,(H2,23,24,25). The Morgan fingerprint density at radius 1 is 1.03 bits per heavy atom. The van der Waals surface area contributed by atoms with Crippen LogP contribution in [0.1, 0.15) is 16.7 Å². The number of guanidine groups is 1. The lowest BCUT2D eigenvalue weighted by atomic mass is 10.1. The summed E-state index contributed by atoms with van der Waals surface area (Å²) in [5, 5.41) is 6.49. The Bertz CT molecular complexity index is 977. The monoisotopic (exact) mass is 448 g/mol. The number of nitrogens with one attached hydrogen (secondary N) is 3. The molecule has 0 unspecified atom stereocenters. The minimum absolute atomic E-state index is 0.221. The second kappa shape index (κ2) is 12.3. The molecule has 8 nitrogen and oxygen atoms in total. The van der Waals surface area contributed by atoms with E-state index < -0.39 is 10.0 Å². The maximum atomic E-state index is 12.4. The molecule has 0 saturated heterocycles. The molecule has 2 aromatic rings. The summed E-state index contributed by atoms with van der Waals surface area (Å²) >= 11 is 0. The zero-order valence-corrected chi connectivity index (χ0v) is 19.4. The van der Waals surface area contributed by atoms with Crippen molar-refractivity contribution in [2.45, 2.75) is 24.8 Å². The number of rotatable bonds is 11. The molecular formula is C22H32N4O4S. The highest BCUT2D eigenvalue weighted by molar-refractivity contribution is 7.89. The van der Waals surface area contributed by atoms with Gasteiger partial charge < -0.3 is 20.1 Å². The lowest BCUT2D eigenvalue weighted by Gasteiger charge is -2.13. The van der Waals surface area contributed by atoms with Gasteiger partial charge in [-0.1, -0.05) is 24.3 Å². The topological polar surface area (TPSA) is 101 Å². The molecule has 0 fully saturated rings. The smallest absolute Gasteiger partial charge is 0.240 e. The fourth-order valence-electron chi connectivity index (χ4n) is 2.94. The molecule has 0 spiro atoms. The van der Waals surface area contributed by atoms with E-state index in [1.165, 1.54) is 12.7 Å². The number of methoxy groups -OCH3 is 2. The summed E-state index contributed by atoms with van der Waals surface area (Å²) < 4.78 is 37.5. The Labute approximate surface area is 185 Å². The van der Waals surface area contributed by atoms with Gasteiger partial charge in [0, 0.05) is 33.8 Å². The highest BCUT2D eigenvalue weighted by atomic mass is 32.2. The average molecular weight is 449 g/mol. The van der Waals surface area contributed by atoms with Gasteiger partial charge >= 0.3 is 0 Å². The summed E-state index contributed by atoms with van der Waals surface area (Å²) in [6.45, 7) is 3.70. The van der Waals surface area contributed by atoms with Crippen LogP contribution in [-0.2, 0) is 27.7 Å². The van der Waals surface area contributed by atoms with Crippen LogP contribution in [0, 0.1) is 6.92 Å². The molecule has 0 heterocycles. The zero-order valence-electron chi connectivity index (χ0n) is 18.6. The van der Waals surface area contributed by atoms with Crippen LogP contribution in [0.15, 0.2) is 52.4 Å². The van der Waals surface area contributed by atoms with Gasteiger partial charge in [-0.2, -0.15) is 0 Å². The van der Waals surface area contributed by atoms with Crippen LogP contribution in [0.5, 0.6) is 5.75 Å². The molecule has 31 heavy (non-hydrogen) atoms. The Hall–Kier alpha value is -2.62. The fraction of sp³-hybridized carbons (Fsp3) is 0.409. The van der Waals surface area contributed by atoms with Crippen LogP contribution >= 0.6 is 0 Å². The summed E-state index contributed by atoms with van der Waals surface area (Å²) in [5.74, 6) is 1.53. The van der Waals surface area contributed by atoms with Gasteiger partial charge in [-0.25, -0.2) is 13.1 Å². The van der Waals surface area contributed by atoms with Gasteiger partial charge in [0.25, 0.3) is 0 Å². The Morgan fingerprint density at radius 3 is 2.55 bits per heavy atom. The van der Waals surface area contributed by atoms with Crippen LogP contribution in [0.2, 0.25) is 0 Å². The van der Waals surface area contributed by atoms with Crippen LogP contribution in [0.25, 0.3) is 0 Å². The van der Waals surface area contributed by atoms with Gasteiger partial charge in [-0.3, -0.25) is 4.99 Å². The molecule has 0 aliphatic heterocycles. The molecule has 2 aromatic carbocycles. The number of hydrogen-bond donors (Lipinski definition) is 3. The van der Waals surface area contributed by atoms with Crippen LogP contribution in [-0.4, -0.2) is 55.3 Å². The predicted molar refractivity (Wildman–Crippen MR) is 123 cm³/mol. The van der Waals surface area contributed by atoms with E-state index in [1.54, 1.807) is 32.4 Å². The van der Waals surface area contributed by atoms with Crippen molar-refractivity contribution >= 4 is 16.0 Å². The summed E-state index contributed by atoms with van der Waals surface area (Å²) in [6.07, 6.45) is 0.818. The maximum Gasteiger partial charge on any atom is 0.240 e. The SMILES string of the molecule is CN=C(NCCc1ccc(C)c(OC)c1)NCc1cccc(S(=O)(=O)NCCOC)c1. The molecule has 2 rings (SSSR count). The zero-order chi connectivity index (χ0) is 22.7. The molecule has 9 heteroatoms. The van der Waals surface area contributed by atoms with Crippen LogP contribution in [0.3, 0.4) is 0 Å². The number of sulfonamides is 1. The van der Waals surface area contributed by atoms with Gasteiger partial charge in [-0.15, -0.1) is 0 Å². The van der Waals surface area contributed by atoms with Gasteiger partial charge in [0.1, 0.15) is 5.75 Å². The van der Waals surface area contributed by atoms with Crippen LogP contribution < -0.4 is 20.1 Å². The van der Waals surface area contributed by atoms with Crippen molar-refractivity contribution in [2.24, 2.45) is 4.99 Å². The molecule has 0 amide bonds. The quantitative estimate of drug-likeness (QED) is 0.276. The normalized spacial score (nSPS) is 11.9. The summed E-state index contributed by atoms with van der Waals surface area (Å²) in [6, 6.07) is 13.0. The highest BCUT2D eigenvalue weighted by Crippen LogP contribution is 2.19. The van der Waals surface area contributed by atoms with E-state index >= 15 is 0 Å². The van der Waals surface area contributed by atoms with Crippen molar-refractivity contribution in [3.8, 4) is 5.75 Å². The summed E-state index contributed by atoms with van der Waals surface area (Å²) in [4.78, 5) is 4.45. The first-order chi connectivity index (χ1) is 14.9. The molecule has 0 aliphatic rings. The number of hydrogen-bond acceptors (Lipinski definition) is 5. The largest absolute Gasteiger partial charge is 0.496 e. The Morgan fingerprint density at radius 2 is 1.84 bits per heavy atom. The molecular weight excluding hydrogens is 416 g/mol. The third-order valence-electron chi connectivity index (χ3n) is 4.67. The van der Waals surface area contributed by atoms with Crippen molar-refractivity contribution in [3.05, 3.63) is 59.2 Å². The first-order valence-electron chi connectivity index (χ1n) is 10.0. The first kappa shape index (κ1) is 24.6. The number of aryl methyl sites for hydroxylation is 1. The molecule has 0 atom stereocenters. The maximum absolute atomic E-state index is 12.4. The molecule has 0 aromatic heterocycles. The molecule has 0 bridgehead atoms. The lowest BCUT2D eigenvalue weighted by molar-refractivity contribution is 0.204. The molecule has 3 N–H and O–H groups in total. The number of nitrogens with zero attached hydrogens (tertiary/aromatic N) is 1. The van der Waals surface area contributed by atoms with E-state index in [9.17, 15) is 8.42 Å². The highest BCUT2D eigenvalue weighted by Gasteiger charge is 2.13. The van der Waals surface area contributed by atoms with Gasteiger partial charge in [-0.05, 0) is 48.2 Å². The molecule has 0 aliphatic carbocycles. The minimum Gasteiger partial charge on any atom is -0.496 e. The second-order valence-corrected chi connectivity index (χ2v) is 8.71. The van der Waals surface area contributed by atoms with E-state index in [-0.39, 0.29) is 11.4 Å². The van der Waals surface area contributed by atoms with Crippen molar-refractivity contribution in [1.82, 2.24) is 15.4 Å². The van der Waals surface area contributed by atoms with E-state index in [2.05, 4.69) is 26.4 Å². The van der Waals surface area contributed by atoms with E-state index in [1.807, 2.05) is 25.1 Å². The van der Waals surface area contributed by atoms with Gasteiger partial charge in [0.2, 0.25) is 10.0 Å². The number of ether oxygens (including phenoxy) is 2. The van der Waals surface area contributed by atoms with E-state index in [0.29, 0.717) is 25.7 Å². The van der Waals surface area contributed by atoms with E-state index in [0.717, 1.165) is 23.3 Å². The molecule has 0 radical (unpaired) electrons. The van der Waals surface area contributed by atoms with Crippen molar-refractivity contribution in [2.75, 3.05) is 41.0 Å². The summed E-state index contributed by atoms with van der Waals surface area (Å²) in [7, 11) is 1.33. The van der Waals surface area contributed by atoms with Crippen molar-refractivity contribution in [3.63, 3.8) is 0 Å². The van der Waals surface area contributed by atoms with Gasteiger partial charge in [0.05, 0.1) is 18.6 Å². The van der Waals surface area contributed by atoms with E-state index in [4.69, 9.17) is 9.47 Å². The number of benzene rings is 2. The Kier molecular flexibility index (Phi) is 9.77. The number of aliphatic imine (C=N–C) groups is 1. The lowest BCUT2D eigenvalue weighted by Crippen LogP contribution is -2.37. The van der Waals surface area contributed by atoms with Gasteiger partial charge in [0.15, 0.2) is 5.96 Å². The third-order valence-corrected chi connectivity index (χ3v) is 6.13. The predicted octanol–water partition coefficient (Wildman–Crippen LogP) is 1.84. The first-order valence-corrected chi connectivity index (χ1v) is 11.5. The Balaban J connectivity index is 1.88. The average Bonchev–Trinajstić information content (AvgIpc) is 2.77. The van der Waals surface area contributed by atoms with Crippen molar-refractivity contribution < 1.29 is 17.9 Å². The third kappa shape index (κ3) is 7.86. The summed E-state index contributed by atoms with van der Waals surface area (Å²) in [5.41, 5.74) is 3.11. The van der Waals surface area contributed by atoms with Crippen LogP contribution in [0.4, 0.5) is 0 Å².